The first-order valence-corrected chi connectivity index (χ1v) is 12.6. The normalized spacial score (nSPS) is 11.3. The number of benzene rings is 4. The van der Waals surface area contributed by atoms with Gasteiger partial charge in [-0.15, -0.1) is 0 Å². The van der Waals surface area contributed by atoms with Crippen LogP contribution < -0.4 is 0 Å². The molecule has 0 saturated carbocycles. The lowest BCUT2D eigenvalue weighted by Crippen LogP contribution is -1.96. The zero-order chi connectivity index (χ0) is 25.5. The van der Waals surface area contributed by atoms with Gasteiger partial charge in [0.1, 0.15) is 5.58 Å². The van der Waals surface area contributed by atoms with Crippen molar-refractivity contribution in [3.63, 3.8) is 0 Å². The maximum atomic E-state index is 6.25. The van der Waals surface area contributed by atoms with Crippen LogP contribution in [0.2, 0.25) is 0 Å². The van der Waals surface area contributed by atoms with Gasteiger partial charge >= 0.3 is 0 Å². The molecule has 0 amide bonds. The Morgan fingerprint density at radius 1 is 0.553 bits per heavy atom. The van der Waals surface area contributed by atoms with Crippen molar-refractivity contribution in [2.45, 2.75) is 6.92 Å². The van der Waals surface area contributed by atoms with Crippen molar-refractivity contribution in [3.05, 3.63) is 127 Å². The van der Waals surface area contributed by atoms with Crippen LogP contribution in [0.25, 0.3) is 67.0 Å². The molecule has 0 bridgehead atoms. The molecule has 0 aliphatic rings. The van der Waals surface area contributed by atoms with E-state index in [0.717, 1.165) is 55.6 Å². The number of aryl methyl sites for hydroxylation is 1. The molecule has 0 unspecified atom stereocenters. The predicted molar refractivity (Wildman–Crippen MR) is 154 cm³/mol. The predicted octanol–water partition coefficient (Wildman–Crippen LogP) is 8.75. The lowest BCUT2D eigenvalue weighted by molar-refractivity contribution is 0.667. The van der Waals surface area contributed by atoms with Crippen molar-refractivity contribution < 1.29 is 4.42 Å². The summed E-state index contributed by atoms with van der Waals surface area (Å²) in [5.74, 6) is 0.618. The summed E-state index contributed by atoms with van der Waals surface area (Å²) in [7, 11) is 0. The molecular formula is C34H23N3O. The summed E-state index contributed by atoms with van der Waals surface area (Å²) >= 11 is 0. The van der Waals surface area contributed by atoms with Crippen LogP contribution in [0.1, 0.15) is 5.56 Å². The van der Waals surface area contributed by atoms with E-state index in [9.17, 15) is 0 Å². The molecule has 7 rings (SSSR count). The van der Waals surface area contributed by atoms with Crippen LogP contribution in [-0.2, 0) is 0 Å². The van der Waals surface area contributed by atoms with E-state index in [1.807, 2.05) is 54.7 Å². The molecule has 3 heterocycles. The van der Waals surface area contributed by atoms with Crippen molar-refractivity contribution in [1.82, 2.24) is 15.0 Å². The molecule has 4 nitrogen and oxygen atoms in total. The van der Waals surface area contributed by atoms with Crippen molar-refractivity contribution in [3.8, 4) is 45.0 Å². The van der Waals surface area contributed by atoms with Gasteiger partial charge in [0, 0.05) is 33.7 Å². The molecule has 0 aliphatic carbocycles. The number of hydrogen-bond donors (Lipinski definition) is 0. The van der Waals surface area contributed by atoms with Crippen LogP contribution in [-0.4, -0.2) is 15.0 Å². The van der Waals surface area contributed by atoms with Gasteiger partial charge in [-0.3, -0.25) is 4.98 Å². The summed E-state index contributed by atoms with van der Waals surface area (Å²) in [5.41, 5.74) is 9.74. The quantitative estimate of drug-likeness (QED) is 0.248. The standard InChI is InChI=1S/C34H23N3O/c1-22-10-8-9-15-26(22)25-16-17-31-27(18-25)33-28(20-35-21-32(33)38-31)34-36-29(23-11-4-2-5-12-23)19-30(37-34)24-13-6-3-7-14-24/h2-21H,1H3. The van der Waals surface area contributed by atoms with Gasteiger partial charge in [0.05, 0.1) is 17.6 Å². The second-order valence-electron chi connectivity index (χ2n) is 9.38. The van der Waals surface area contributed by atoms with Gasteiger partial charge in [0.25, 0.3) is 0 Å². The zero-order valence-corrected chi connectivity index (χ0v) is 20.8. The summed E-state index contributed by atoms with van der Waals surface area (Å²) in [6.45, 7) is 2.14. The first-order chi connectivity index (χ1) is 18.7. The summed E-state index contributed by atoms with van der Waals surface area (Å²) in [6.07, 6.45) is 3.61. The summed E-state index contributed by atoms with van der Waals surface area (Å²) in [5, 5.41) is 1.99. The van der Waals surface area contributed by atoms with Crippen LogP contribution in [0.5, 0.6) is 0 Å². The number of nitrogens with zero attached hydrogens (tertiary/aromatic N) is 3. The molecular weight excluding hydrogens is 466 g/mol. The third kappa shape index (κ3) is 3.84. The van der Waals surface area contributed by atoms with Crippen molar-refractivity contribution in [2.75, 3.05) is 0 Å². The maximum Gasteiger partial charge on any atom is 0.162 e. The minimum absolute atomic E-state index is 0.618. The van der Waals surface area contributed by atoms with Crippen LogP contribution >= 0.6 is 0 Å². The zero-order valence-electron chi connectivity index (χ0n) is 20.8. The number of rotatable bonds is 4. The van der Waals surface area contributed by atoms with Gasteiger partial charge in [-0.25, -0.2) is 9.97 Å². The first-order valence-electron chi connectivity index (χ1n) is 12.6. The lowest BCUT2D eigenvalue weighted by Gasteiger charge is -2.10. The maximum absolute atomic E-state index is 6.25. The molecule has 180 valence electrons. The first kappa shape index (κ1) is 22.1. The largest absolute Gasteiger partial charge is 0.454 e. The van der Waals surface area contributed by atoms with Gasteiger partial charge in [0.2, 0.25) is 0 Å². The van der Waals surface area contributed by atoms with Gasteiger partial charge in [-0.1, -0.05) is 91.0 Å². The number of aromatic nitrogens is 3. The van der Waals surface area contributed by atoms with E-state index >= 15 is 0 Å². The Kier molecular flexibility index (Phi) is 5.30. The fourth-order valence-corrected chi connectivity index (χ4v) is 5.04. The molecule has 38 heavy (non-hydrogen) atoms. The number of pyridine rings is 1. The highest BCUT2D eigenvalue weighted by Crippen LogP contribution is 2.38. The lowest BCUT2D eigenvalue weighted by atomic mass is 9.98. The fourth-order valence-electron chi connectivity index (χ4n) is 5.04. The molecule has 0 radical (unpaired) electrons. The Morgan fingerprint density at radius 2 is 1.21 bits per heavy atom. The monoisotopic (exact) mass is 489 g/mol. The van der Waals surface area contributed by atoms with E-state index in [1.54, 1.807) is 6.20 Å². The second-order valence-corrected chi connectivity index (χ2v) is 9.38. The number of furan rings is 1. The highest BCUT2D eigenvalue weighted by molar-refractivity contribution is 6.12. The Hall–Kier alpha value is -5.09. The smallest absolute Gasteiger partial charge is 0.162 e. The molecule has 0 fully saturated rings. The Balaban J connectivity index is 1.49. The minimum atomic E-state index is 0.618. The number of hydrogen-bond acceptors (Lipinski definition) is 4. The summed E-state index contributed by atoms with van der Waals surface area (Å²) in [4.78, 5) is 14.6. The van der Waals surface area contributed by atoms with E-state index in [1.165, 1.54) is 11.1 Å². The highest BCUT2D eigenvalue weighted by atomic mass is 16.3. The van der Waals surface area contributed by atoms with E-state index in [-0.39, 0.29) is 0 Å². The molecule has 4 heteroatoms. The fraction of sp³-hybridized carbons (Fsp3) is 0.0294. The summed E-state index contributed by atoms with van der Waals surface area (Å²) in [6, 6.07) is 37.2. The van der Waals surface area contributed by atoms with Gasteiger partial charge in [0.15, 0.2) is 11.4 Å². The Morgan fingerprint density at radius 3 is 1.89 bits per heavy atom. The van der Waals surface area contributed by atoms with E-state index in [0.29, 0.717) is 5.82 Å². The summed E-state index contributed by atoms with van der Waals surface area (Å²) < 4.78 is 6.25. The third-order valence-electron chi connectivity index (χ3n) is 6.94. The van der Waals surface area contributed by atoms with Crippen molar-refractivity contribution in [1.29, 1.82) is 0 Å². The molecule has 4 aromatic carbocycles. The molecule has 0 atom stereocenters. The van der Waals surface area contributed by atoms with Gasteiger partial charge < -0.3 is 4.42 Å². The van der Waals surface area contributed by atoms with Crippen LogP contribution in [0.4, 0.5) is 0 Å². The second kappa shape index (κ2) is 9.09. The molecule has 3 aromatic heterocycles. The van der Waals surface area contributed by atoms with Crippen LogP contribution in [0, 0.1) is 6.92 Å². The average Bonchev–Trinajstić information content (AvgIpc) is 3.36. The van der Waals surface area contributed by atoms with Gasteiger partial charge in [-0.2, -0.15) is 0 Å². The van der Waals surface area contributed by atoms with Crippen LogP contribution in [0.3, 0.4) is 0 Å². The van der Waals surface area contributed by atoms with E-state index < -0.39 is 0 Å². The SMILES string of the molecule is Cc1ccccc1-c1ccc2oc3cncc(-c4nc(-c5ccccc5)cc(-c5ccccc5)n4)c3c2c1. The molecule has 0 aliphatic heterocycles. The molecule has 0 spiro atoms. The average molecular weight is 490 g/mol. The van der Waals surface area contributed by atoms with Crippen LogP contribution in [0.15, 0.2) is 126 Å². The Bertz CT molecular complexity index is 1870. The molecule has 0 N–H and O–H groups in total. The van der Waals surface area contributed by atoms with Crippen molar-refractivity contribution in [2.24, 2.45) is 0 Å². The Labute approximate surface area is 220 Å². The minimum Gasteiger partial charge on any atom is -0.454 e. The van der Waals surface area contributed by atoms with E-state index in [2.05, 4.69) is 72.6 Å². The molecule has 7 aromatic rings. The topological polar surface area (TPSA) is 51.8 Å². The van der Waals surface area contributed by atoms with Crippen molar-refractivity contribution >= 4 is 21.9 Å². The highest BCUT2D eigenvalue weighted by Gasteiger charge is 2.18. The number of fused-ring (bicyclic) bond motifs is 3. The van der Waals surface area contributed by atoms with Gasteiger partial charge in [-0.05, 0) is 41.8 Å². The molecule has 0 saturated heterocycles. The van der Waals surface area contributed by atoms with E-state index in [4.69, 9.17) is 14.4 Å². The third-order valence-corrected chi connectivity index (χ3v) is 6.94.